The lowest BCUT2D eigenvalue weighted by Crippen LogP contribution is -2.57. The van der Waals surface area contributed by atoms with E-state index < -0.39 is 167 Å². The largest absolute Gasteiger partial charge is 0.479 e. The van der Waals surface area contributed by atoms with Crippen LogP contribution < -0.4 is 20.5 Å². The summed E-state index contributed by atoms with van der Waals surface area (Å²) in [4.78, 5) is 139. The summed E-state index contributed by atoms with van der Waals surface area (Å²) in [6.45, 7) is 10.5. The van der Waals surface area contributed by atoms with Gasteiger partial charge in [0, 0.05) is 62.1 Å². The van der Waals surface area contributed by atoms with Crippen LogP contribution in [0.1, 0.15) is 161 Å². The molecule has 6 heterocycles. The molecule has 10 aliphatic rings. The average Bonchev–Trinajstić information content (AvgIpc) is 1.58. The number of sulfonamides is 2. The molecular formula is C71H96F2N8O21S2. The third-order valence-electron chi connectivity index (χ3n) is 19.4. The number of amides is 7. The van der Waals surface area contributed by atoms with Gasteiger partial charge in [-0.25, -0.2) is 45.1 Å². The van der Waals surface area contributed by atoms with Crippen molar-refractivity contribution < 1.29 is 107 Å². The molecule has 2 aromatic rings. The summed E-state index contributed by atoms with van der Waals surface area (Å²) in [7, 11) is -7.06. The molecule has 7 amide bonds. The van der Waals surface area contributed by atoms with Gasteiger partial charge in [0.1, 0.15) is 58.2 Å². The maximum Gasteiger partial charge on any atom is 0.410 e. The highest BCUT2D eigenvalue weighted by Crippen LogP contribution is 2.47. The summed E-state index contributed by atoms with van der Waals surface area (Å²) < 4.78 is 111. The molecule has 0 unspecified atom stereocenters. The molecule has 10 atom stereocenters. The van der Waals surface area contributed by atoms with E-state index in [9.17, 15) is 78.7 Å². The molecule has 0 bridgehead atoms. The Bertz CT molecular complexity index is 3930. The number of benzene rings is 2. The number of carboxylic acid groups (broad SMARTS) is 1. The Morgan fingerprint density at radius 3 is 1.43 bits per heavy atom. The number of carboxylic acids is 1. The number of primary sulfonamides is 1. The van der Waals surface area contributed by atoms with Crippen LogP contribution in [-0.2, 0) is 113 Å². The number of ether oxygens (including phenoxy) is 6. The fourth-order valence-electron chi connectivity index (χ4n) is 13.5. The van der Waals surface area contributed by atoms with Crippen LogP contribution in [0, 0.1) is 35.3 Å². The van der Waals surface area contributed by atoms with Crippen molar-refractivity contribution in [3.63, 3.8) is 0 Å². The van der Waals surface area contributed by atoms with E-state index in [-0.39, 0.29) is 110 Å². The second-order valence-corrected chi connectivity index (χ2v) is 33.8. The van der Waals surface area contributed by atoms with Gasteiger partial charge in [-0.2, -0.15) is 0 Å². The molecule has 6 aliphatic heterocycles. The van der Waals surface area contributed by atoms with E-state index in [2.05, 4.69) is 15.4 Å². The SMILES string of the molecule is C.CC(C)(C)OC(=O)C[C@H]1COCCC/C=C\[C@@H]2C[C@@]2(C(=O)NS(=O)(=O)C2CC2)NC(=O)[C@@H]2C[C@@H](OC(=O)N3Cc4cccc(F)c4C3)CN2C1=O.CC(C)(C)OC(=O)C[C@H]1COCCC/C=C\[C@@H]2C[C@@]2(C(=O)O)NC(=O)[C@@H]2C[C@@H](OC(=O)N3Cc4cccc(F)c4C3)CN2C1=O.NS(=O)(=O)C1CC1. The number of carbonyl (C=O) groups excluding carboxylic acids is 9. The van der Waals surface area contributed by atoms with Gasteiger partial charge in [-0.15, -0.1) is 0 Å². The van der Waals surface area contributed by atoms with E-state index in [0.29, 0.717) is 67.4 Å². The van der Waals surface area contributed by atoms with Gasteiger partial charge in [-0.1, -0.05) is 56.0 Å². The van der Waals surface area contributed by atoms with Crippen molar-refractivity contribution in [3.05, 3.63) is 94.6 Å². The van der Waals surface area contributed by atoms with Crippen LogP contribution in [0.15, 0.2) is 60.7 Å². The van der Waals surface area contributed by atoms with Crippen LogP contribution in [0.4, 0.5) is 18.4 Å². The number of aliphatic carboxylic acids is 1. The van der Waals surface area contributed by atoms with Crippen LogP contribution in [0.5, 0.6) is 0 Å². The second-order valence-electron chi connectivity index (χ2n) is 30.0. The zero-order valence-electron chi connectivity index (χ0n) is 58.6. The van der Waals surface area contributed by atoms with Gasteiger partial charge in [0.25, 0.3) is 5.91 Å². The minimum absolute atomic E-state index is 0. The molecule has 4 aliphatic carbocycles. The summed E-state index contributed by atoms with van der Waals surface area (Å²) in [6, 6.07) is 6.79. The Kier molecular flexibility index (Phi) is 24.8. The van der Waals surface area contributed by atoms with Gasteiger partial charge < -0.3 is 54.0 Å². The quantitative estimate of drug-likeness (QED) is 0.106. The molecule has 6 fully saturated rings. The predicted octanol–water partition coefficient (Wildman–Crippen LogP) is 5.44. The molecule has 2 saturated heterocycles. The highest BCUT2D eigenvalue weighted by molar-refractivity contribution is 7.91. The Balaban J connectivity index is 0.000000219. The molecule has 572 valence electrons. The lowest BCUT2D eigenvalue weighted by molar-refractivity contribution is -0.160. The number of esters is 2. The van der Waals surface area contributed by atoms with Crippen molar-refractivity contribution in [1.29, 1.82) is 0 Å². The number of hydrogen-bond donors (Lipinski definition) is 5. The van der Waals surface area contributed by atoms with E-state index >= 15 is 0 Å². The molecular weight excluding hydrogens is 1400 g/mol. The van der Waals surface area contributed by atoms with E-state index in [1.807, 2.05) is 12.2 Å². The standard InChI is InChI=1S/C35H45FN4O10S.C32H40FN3O9.C3H7NO2S.CH4/c1-34(2,3)50-29(41)14-22-20-48-13-6-4-5-9-23-16-35(23,32(44)38-51(46,47)25-11-12-25)37-30(42)28-15-24(18-40(28)31(22)43)49-33(45)39-17-21-8-7-10-27(36)26(21)19-39;1-31(2,3)45-26(37)12-20-18-43-11-6-4-5-9-21-14-32(21,29(40)41)34-27(38)25-13-22(16-36(25)28(20)39)44-30(42)35-15-19-8-7-10-24(33)23(19)17-35;4-7(5,6)3-1-2-3;/h5,7-10,22-25,28H,4,6,11-20H2,1-3H3,(H,37,42)(H,38,44);5,7-10,20-22,25H,4,6,11-18H2,1-3H3,(H,34,38)(H,40,41);3H,1-2H2,(H2,4,5,6);1H4/b2*9-5-;;/t22-,23+,24+,28-,35+;20-,21+,22+,25-,32+;;/m00../s1. The normalized spacial score (nSPS) is 28.4. The van der Waals surface area contributed by atoms with Crippen LogP contribution in [0.3, 0.4) is 0 Å². The van der Waals surface area contributed by atoms with E-state index in [0.717, 1.165) is 12.8 Å². The zero-order chi connectivity index (χ0) is 74.7. The Morgan fingerprint density at radius 1 is 0.635 bits per heavy atom. The smallest absolute Gasteiger partial charge is 0.410 e. The molecule has 29 nitrogen and oxygen atoms in total. The van der Waals surface area contributed by atoms with Crippen molar-refractivity contribution in [2.75, 3.05) is 39.5 Å². The van der Waals surface area contributed by atoms with E-state index in [4.69, 9.17) is 33.6 Å². The molecule has 6 N–H and O–H groups in total. The molecule has 2 aromatic carbocycles. The first-order valence-corrected chi connectivity index (χ1v) is 38.0. The predicted molar refractivity (Wildman–Crippen MR) is 367 cm³/mol. The molecule has 4 saturated carbocycles. The molecule has 0 radical (unpaired) electrons. The van der Waals surface area contributed by atoms with Gasteiger partial charge in [0.05, 0.1) is 74.6 Å². The van der Waals surface area contributed by atoms with Gasteiger partial charge >= 0.3 is 30.1 Å². The van der Waals surface area contributed by atoms with E-state index in [1.165, 1.54) is 31.7 Å². The first-order valence-electron chi connectivity index (χ1n) is 34.9. The second kappa shape index (κ2) is 32.3. The molecule has 33 heteroatoms. The minimum atomic E-state index is -3.93. The van der Waals surface area contributed by atoms with Crippen LogP contribution >= 0.6 is 0 Å². The third-order valence-corrected chi connectivity index (χ3v) is 22.6. The van der Waals surface area contributed by atoms with Crippen LogP contribution in [0.2, 0.25) is 0 Å². The maximum atomic E-state index is 14.4. The van der Waals surface area contributed by atoms with Crippen molar-refractivity contribution in [1.82, 2.24) is 35.0 Å². The Morgan fingerprint density at radius 2 is 1.05 bits per heavy atom. The number of fused-ring (bicyclic) bond motifs is 6. The van der Waals surface area contributed by atoms with Crippen molar-refractivity contribution in [3.8, 4) is 0 Å². The van der Waals surface area contributed by atoms with Crippen molar-refractivity contribution in [2.45, 2.75) is 222 Å². The number of carbonyl (C=O) groups is 10. The van der Waals surface area contributed by atoms with Gasteiger partial charge in [0.15, 0.2) is 0 Å². The lowest BCUT2D eigenvalue weighted by atomic mass is 10.0. The molecule has 0 aromatic heterocycles. The van der Waals surface area contributed by atoms with Crippen molar-refractivity contribution >= 4 is 79.7 Å². The zero-order valence-corrected chi connectivity index (χ0v) is 60.2. The summed E-state index contributed by atoms with van der Waals surface area (Å²) in [5, 5.41) is 19.3. The number of hydrogen-bond acceptors (Lipinski definition) is 20. The third kappa shape index (κ3) is 20.1. The van der Waals surface area contributed by atoms with Crippen LogP contribution in [0.25, 0.3) is 0 Å². The summed E-state index contributed by atoms with van der Waals surface area (Å²) in [6.07, 6.45) is 8.10. The molecule has 104 heavy (non-hydrogen) atoms. The average molecular weight is 1500 g/mol. The van der Waals surface area contributed by atoms with Gasteiger partial charge in [-0.3, -0.25) is 48.1 Å². The Labute approximate surface area is 604 Å². The van der Waals surface area contributed by atoms with Crippen LogP contribution in [-0.4, -0.2) is 198 Å². The Hall–Kier alpha value is -8.14. The summed E-state index contributed by atoms with van der Waals surface area (Å²) in [5.74, 6) is -9.70. The molecule has 0 spiro atoms. The highest BCUT2D eigenvalue weighted by Gasteiger charge is 2.63. The summed E-state index contributed by atoms with van der Waals surface area (Å²) >= 11 is 0. The first-order chi connectivity index (χ1) is 48.4. The van der Waals surface area contributed by atoms with E-state index in [1.54, 1.807) is 78.0 Å². The summed E-state index contributed by atoms with van der Waals surface area (Å²) in [5.41, 5.74) is -2.58. The number of halogens is 2. The maximum absolute atomic E-state index is 14.4. The van der Waals surface area contributed by atoms with Crippen molar-refractivity contribution in [2.24, 2.45) is 28.8 Å². The highest BCUT2D eigenvalue weighted by atomic mass is 32.2. The van der Waals surface area contributed by atoms with Gasteiger partial charge in [-0.05, 0) is 129 Å². The lowest BCUT2D eigenvalue weighted by Gasteiger charge is -2.29. The number of nitrogens with one attached hydrogen (secondary N) is 3. The fraction of sp³-hybridized carbons (Fsp3) is 0.634. The fourth-order valence-corrected chi connectivity index (χ4v) is 15.6. The number of nitrogens with two attached hydrogens (primary N) is 1. The first kappa shape index (κ1) is 80.0. The number of allylic oxidation sites excluding steroid dienone is 2. The topological polar surface area (TPSA) is 390 Å². The minimum Gasteiger partial charge on any atom is -0.479 e. The number of nitrogens with zero attached hydrogens (tertiary/aromatic N) is 4. The van der Waals surface area contributed by atoms with Gasteiger partial charge in [0.2, 0.25) is 43.7 Å². The number of rotatable bonds is 11. The monoisotopic (exact) mass is 1500 g/mol. The molecule has 12 rings (SSSR count).